The fraction of sp³-hybridized carbons (Fsp3) is 0.938. The minimum absolute atomic E-state index is 0.157. The van der Waals surface area contributed by atoms with Crippen molar-refractivity contribution in [2.24, 2.45) is 0 Å². The Kier molecular flexibility index (Phi) is 12.5. The average Bonchev–Trinajstić information content (AvgIpc) is 2.58. The topological polar surface area (TPSA) is 74.2 Å². The quantitative estimate of drug-likeness (QED) is 0.205. The van der Waals surface area contributed by atoms with Gasteiger partial charge in [0.1, 0.15) is 0 Å². The van der Waals surface area contributed by atoms with E-state index in [1.165, 1.54) is 0 Å². The van der Waals surface area contributed by atoms with Gasteiger partial charge in [-0.2, -0.15) is 0 Å². The highest BCUT2D eigenvalue weighted by atomic mass is 28.4. The highest BCUT2D eigenvalue weighted by molar-refractivity contribution is 6.60. The summed E-state index contributed by atoms with van der Waals surface area (Å²) in [5.41, 5.74) is 0. The van der Waals surface area contributed by atoms with Crippen LogP contribution in [0, 0.1) is 0 Å². The number of hydrogen-bond acceptors (Lipinski definition) is 6. The van der Waals surface area contributed by atoms with E-state index in [4.69, 9.17) is 23.1 Å². The van der Waals surface area contributed by atoms with Crippen molar-refractivity contribution in [3.8, 4) is 0 Å². The molecule has 1 N–H and O–H groups in total. The molecule has 0 unspecified atom stereocenters. The summed E-state index contributed by atoms with van der Waals surface area (Å²) in [5.74, 6) is -0.157. The minimum Gasteiger partial charge on any atom is -0.465 e. The summed E-state index contributed by atoms with van der Waals surface area (Å²) in [6, 6.07) is 0.695. The largest absolute Gasteiger partial charge is 0.500 e. The van der Waals surface area contributed by atoms with Gasteiger partial charge >= 0.3 is 14.8 Å². The highest BCUT2D eigenvalue weighted by Crippen LogP contribution is 2.17. The van der Waals surface area contributed by atoms with Crippen LogP contribution in [-0.2, 0) is 22.8 Å². The zero-order valence-electron chi connectivity index (χ0n) is 16.0. The molecular weight excluding hydrogens is 330 g/mol. The maximum atomic E-state index is 11.7. The van der Waals surface area contributed by atoms with Gasteiger partial charge < -0.3 is 27.6 Å². The van der Waals surface area contributed by atoms with Crippen LogP contribution in [0.1, 0.15) is 32.1 Å². The lowest BCUT2D eigenvalue weighted by atomic mass is 10.2. The molecule has 7 nitrogen and oxygen atoms in total. The van der Waals surface area contributed by atoms with Gasteiger partial charge in [0, 0.05) is 53.2 Å². The van der Waals surface area contributed by atoms with Crippen LogP contribution in [0.15, 0.2) is 0 Å². The smallest absolute Gasteiger partial charge is 0.465 e. The van der Waals surface area contributed by atoms with Crippen molar-refractivity contribution in [2.75, 3.05) is 61.7 Å². The molecule has 0 aliphatic rings. The molecule has 0 fully saturated rings. The number of nitrogens with zero attached hydrogens (tertiary/aromatic N) is 1. The number of carbonyl (C=O) groups excluding carboxylic acids is 1. The maximum absolute atomic E-state index is 11.7. The van der Waals surface area contributed by atoms with Crippen LogP contribution in [-0.4, -0.2) is 86.1 Å². The third kappa shape index (κ3) is 10.4. The van der Waals surface area contributed by atoms with E-state index < -0.39 is 8.80 Å². The lowest BCUT2D eigenvalue weighted by molar-refractivity contribution is -0.890. The Hall–Kier alpha value is -0.513. The third-order valence-electron chi connectivity index (χ3n) is 4.14. The first-order valence-corrected chi connectivity index (χ1v) is 10.5. The minimum atomic E-state index is -2.52. The van der Waals surface area contributed by atoms with Gasteiger partial charge in [0.2, 0.25) is 0 Å². The van der Waals surface area contributed by atoms with Crippen LogP contribution in [0.5, 0.6) is 0 Å². The molecule has 0 radical (unpaired) electrons. The molecule has 0 aliphatic heterocycles. The molecule has 0 aromatic heterocycles. The van der Waals surface area contributed by atoms with Crippen LogP contribution in [0.2, 0.25) is 6.04 Å². The number of carbonyl (C=O) groups is 1. The Morgan fingerprint density at radius 2 is 1.54 bits per heavy atom. The summed E-state index contributed by atoms with van der Waals surface area (Å²) >= 11 is 0. The van der Waals surface area contributed by atoms with Crippen LogP contribution < -0.4 is 0 Å². The molecular formula is C16H36NO6Si+. The Bertz CT molecular complexity index is 328. The number of aliphatic hydroxyl groups is 1. The number of unbranched alkanes of at least 4 members (excludes halogenated alkanes) is 1. The van der Waals surface area contributed by atoms with Crippen molar-refractivity contribution >= 4 is 14.8 Å². The normalized spacial score (nSPS) is 12.4. The molecule has 0 atom stereocenters. The fourth-order valence-corrected chi connectivity index (χ4v) is 4.32. The van der Waals surface area contributed by atoms with E-state index in [1.807, 2.05) is 0 Å². The standard InChI is InChI=1S/C16H36NO6Si/c1-17(2,11-8-13-18)12-9-14-23-16(19)10-6-7-15-24(20-3,21-4)22-5/h18H,6-15H2,1-5H3/q+1. The molecule has 0 amide bonds. The zero-order chi connectivity index (χ0) is 18.5. The Morgan fingerprint density at radius 3 is 2.08 bits per heavy atom. The Balaban J connectivity index is 3.77. The van der Waals surface area contributed by atoms with E-state index in [1.54, 1.807) is 21.3 Å². The van der Waals surface area contributed by atoms with E-state index in [0.717, 1.165) is 43.3 Å². The van der Waals surface area contributed by atoms with Crippen molar-refractivity contribution in [3.63, 3.8) is 0 Å². The summed E-state index contributed by atoms with van der Waals surface area (Å²) in [7, 11) is 6.49. The molecule has 0 aromatic carbocycles. The first kappa shape index (κ1) is 23.5. The van der Waals surface area contributed by atoms with Gasteiger partial charge in [0.05, 0.1) is 33.8 Å². The average molecular weight is 367 g/mol. The molecule has 0 saturated carbocycles. The number of quaternary nitrogens is 1. The molecule has 0 spiro atoms. The number of rotatable bonds is 15. The van der Waals surface area contributed by atoms with E-state index >= 15 is 0 Å². The van der Waals surface area contributed by atoms with Gasteiger partial charge in [-0.15, -0.1) is 0 Å². The van der Waals surface area contributed by atoms with Crippen molar-refractivity contribution in [1.82, 2.24) is 0 Å². The van der Waals surface area contributed by atoms with Crippen LogP contribution >= 0.6 is 0 Å². The van der Waals surface area contributed by atoms with Gasteiger partial charge in [-0.05, 0) is 12.8 Å². The van der Waals surface area contributed by atoms with Crippen molar-refractivity contribution in [1.29, 1.82) is 0 Å². The van der Waals surface area contributed by atoms with Crippen LogP contribution in [0.25, 0.3) is 0 Å². The van der Waals surface area contributed by atoms with Gasteiger partial charge in [0.15, 0.2) is 0 Å². The van der Waals surface area contributed by atoms with E-state index in [0.29, 0.717) is 19.1 Å². The number of aliphatic hydroxyl groups excluding tert-OH is 1. The van der Waals surface area contributed by atoms with Crippen molar-refractivity contribution < 1.29 is 32.4 Å². The summed E-state index contributed by atoms with van der Waals surface area (Å²) in [6.07, 6.45) is 3.58. The van der Waals surface area contributed by atoms with Gasteiger partial charge in [-0.3, -0.25) is 4.79 Å². The second-order valence-corrected chi connectivity index (χ2v) is 9.63. The number of esters is 1. The molecule has 8 heteroatoms. The SMILES string of the molecule is CO[Si](CCCCC(=O)OCCC[N+](C)(C)CCCO)(OC)OC. The van der Waals surface area contributed by atoms with E-state index in [-0.39, 0.29) is 12.6 Å². The van der Waals surface area contributed by atoms with Gasteiger partial charge in [-0.25, -0.2) is 0 Å². The first-order chi connectivity index (χ1) is 11.3. The molecule has 0 saturated heterocycles. The Labute approximate surface area is 147 Å². The highest BCUT2D eigenvalue weighted by Gasteiger charge is 2.36. The molecule has 0 bridgehead atoms. The third-order valence-corrected chi connectivity index (χ3v) is 6.97. The summed E-state index contributed by atoms with van der Waals surface area (Å²) in [6.45, 7) is 2.52. The molecule has 0 heterocycles. The first-order valence-electron chi connectivity index (χ1n) is 8.58. The second kappa shape index (κ2) is 12.8. The molecule has 0 rings (SSSR count). The van der Waals surface area contributed by atoms with Gasteiger partial charge in [0.25, 0.3) is 0 Å². The maximum Gasteiger partial charge on any atom is 0.500 e. The number of ether oxygens (including phenoxy) is 1. The molecule has 0 aliphatic carbocycles. The van der Waals surface area contributed by atoms with Crippen LogP contribution in [0.4, 0.5) is 0 Å². The molecule has 144 valence electrons. The predicted octanol–water partition coefficient (Wildman–Crippen LogP) is 1.43. The van der Waals surface area contributed by atoms with Crippen LogP contribution in [0.3, 0.4) is 0 Å². The lowest BCUT2D eigenvalue weighted by Gasteiger charge is -2.29. The lowest BCUT2D eigenvalue weighted by Crippen LogP contribution is -2.42. The summed E-state index contributed by atoms with van der Waals surface area (Å²) < 4.78 is 22.1. The second-order valence-electron chi connectivity index (χ2n) is 6.54. The Morgan fingerprint density at radius 1 is 0.958 bits per heavy atom. The van der Waals surface area contributed by atoms with Gasteiger partial charge in [-0.1, -0.05) is 0 Å². The monoisotopic (exact) mass is 366 g/mol. The van der Waals surface area contributed by atoms with Crippen molar-refractivity contribution in [3.05, 3.63) is 0 Å². The predicted molar refractivity (Wildman–Crippen MR) is 94.6 cm³/mol. The number of hydrogen-bond donors (Lipinski definition) is 1. The molecule has 24 heavy (non-hydrogen) atoms. The summed E-state index contributed by atoms with van der Waals surface area (Å²) in [4.78, 5) is 11.7. The van der Waals surface area contributed by atoms with E-state index in [9.17, 15) is 4.79 Å². The zero-order valence-corrected chi connectivity index (χ0v) is 17.0. The fourth-order valence-electron chi connectivity index (χ4n) is 2.53. The molecule has 0 aromatic rings. The van der Waals surface area contributed by atoms with Crippen molar-refractivity contribution in [2.45, 2.75) is 38.1 Å². The summed E-state index contributed by atoms with van der Waals surface area (Å²) in [5, 5.41) is 8.87. The van der Waals surface area contributed by atoms with E-state index in [2.05, 4.69) is 14.1 Å².